The fraction of sp³-hybridized carbons (Fsp3) is 0.577. The van der Waals surface area contributed by atoms with Gasteiger partial charge in [-0.05, 0) is 51.2 Å². The van der Waals surface area contributed by atoms with Crippen LogP contribution < -0.4 is 10.1 Å². The van der Waals surface area contributed by atoms with Crippen LogP contribution in [-0.2, 0) is 32.2 Å². The molecule has 0 unspecified atom stereocenters. The van der Waals surface area contributed by atoms with Gasteiger partial charge in [0.25, 0.3) is 0 Å². The van der Waals surface area contributed by atoms with Crippen LogP contribution in [0.4, 0.5) is 8.78 Å². The van der Waals surface area contributed by atoms with Gasteiger partial charge in [0.2, 0.25) is 11.8 Å². The van der Waals surface area contributed by atoms with Crippen molar-refractivity contribution in [3.63, 3.8) is 0 Å². The van der Waals surface area contributed by atoms with Crippen molar-refractivity contribution in [3.8, 4) is 17.0 Å². The summed E-state index contributed by atoms with van der Waals surface area (Å²) in [7, 11) is -3.19. The first-order valence-corrected chi connectivity index (χ1v) is 14.7. The molecule has 206 valence electrons. The number of nitrogens with zero attached hydrogens (tertiary/aromatic N) is 2. The lowest BCUT2D eigenvalue weighted by molar-refractivity contribution is -0.126. The second-order valence-corrected chi connectivity index (χ2v) is 12.8. The molecule has 0 bridgehead atoms. The molecule has 1 aliphatic carbocycles. The van der Waals surface area contributed by atoms with E-state index in [2.05, 4.69) is 15.2 Å². The maximum atomic E-state index is 13.6. The number of carbonyl (C=O) groups is 2. The molecule has 2 atom stereocenters. The molecule has 0 radical (unpaired) electrons. The Hall–Kier alpha value is -2.86. The first-order valence-electron chi connectivity index (χ1n) is 12.8. The number of alkyl halides is 2. The number of carbonyl (C=O) groups excluding carboxylic acids is 2. The Morgan fingerprint density at radius 2 is 1.97 bits per heavy atom. The number of amides is 1. The smallest absolute Gasteiger partial charge is 0.387 e. The first-order chi connectivity index (χ1) is 18.0. The topological polar surface area (TPSA) is 117 Å². The number of sulfone groups is 1. The third-order valence-corrected chi connectivity index (χ3v) is 9.59. The zero-order valence-electron chi connectivity index (χ0n) is 21.1. The van der Waals surface area contributed by atoms with Crippen molar-refractivity contribution in [1.29, 1.82) is 0 Å². The van der Waals surface area contributed by atoms with E-state index >= 15 is 0 Å². The molecule has 3 heterocycles. The molecule has 5 rings (SSSR count). The summed E-state index contributed by atoms with van der Waals surface area (Å²) in [5, 5.41) is 7.61. The third-order valence-electron chi connectivity index (χ3n) is 7.68. The van der Waals surface area contributed by atoms with E-state index in [-0.39, 0.29) is 41.4 Å². The Balaban J connectivity index is 1.46. The highest BCUT2D eigenvalue weighted by atomic mass is 32.2. The highest BCUT2D eigenvalue weighted by molar-refractivity contribution is 7.91. The van der Waals surface area contributed by atoms with Crippen LogP contribution in [-0.4, -0.2) is 66.9 Å². The van der Waals surface area contributed by atoms with E-state index in [1.54, 1.807) is 19.1 Å². The van der Waals surface area contributed by atoms with Gasteiger partial charge in [-0.2, -0.15) is 13.9 Å². The van der Waals surface area contributed by atoms with Crippen molar-refractivity contribution in [2.24, 2.45) is 11.8 Å². The van der Waals surface area contributed by atoms with E-state index in [0.717, 1.165) is 5.56 Å². The Labute approximate surface area is 219 Å². The summed E-state index contributed by atoms with van der Waals surface area (Å²) < 4.78 is 61.0. The number of hydrogen-bond donors (Lipinski definition) is 1. The zero-order chi connectivity index (χ0) is 27.1. The summed E-state index contributed by atoms with van der Waals surface area (Å²) in [5.74, 6) is -1.20. The van der Waals surface area contributed by atoms with Crippen LogP contribution in [0.1, 0.15) is 48.7 Å². The quantitative estimate of drug-likeness (QED) is 0.587. The summed E-state index contributed by atoms with van der Waals surface area (Å²) in [6, 6.07) is 6.22. The van der Waals surface area contributed by atoms with Crippen LogP contribution in [0.3, 0.4) is 0 Å². The van der Waals surface area contributed by atoms with E-state index in [0.29, 0.717) is 62.3 Å². The molecule has 1 aromatic heterocycles. The van der Waals surface area contributed by atoms with Gasteiger partial charge in [-0.3, -0.25) is 9.59 Å². The molecule has 2 aliphatic heterocycles. The number of aromatic nitrogens is 2. The molecule has 12 heteroatoms. The van der Waals surface area contributed by atoms with Gasteiger partial charge < -0.3 is 14.8 Å². The Bertz CT molecular complexity index is 1340. The summed E-state index contributed by atoms with van der Waals surface area (Å²) >= 11 is 0. The molecule has 38 heavy (non-hydrogen) atoms. The number of fused-ring (bicyclic) bond motifs is 1. The van der Waals surface area contributed by atoms with Crippen LogP contribution >= 0.6 is 0 Å². The summed E-state index contributed by atoms with van der Waals surface area (Å²) in [6.45, 7) is -0.268. The van der Waals surface area contributed by atoms with Crippen LogP contribution in [0.2, 0.25) is 0 Å². The van der Waals surface area contributed by atoms with E-state index in [1.807, 2.05) is 0 Å². The van der Waals surface area contributed by atoms with Crippen molar-refractivity contribution in [2.75, 3.05) is 24.7 Å². The van der Waals surface area contributed by atoms with Crippen LogP contribution in [0.15, 0.2) is 24.3 Å². The van der Waals surface area contributed by atoms with Gasteiger partial charge in [-0.1, -0.05) is 12.1 Å². The van der Waals surface area contributed by atoms with Gasteiger partial charge in [0.15, 0.2) is 9.84 Å². The summed E-state index contributed by atoms with van der Waals surface area (Å²) in [6.07, 6.45) is 2.70. The fourth-order valence-corrected chi connectivity index (χ4v) is 7.79. The highest BCUT2D eigenvalue weighted by Gasteiger charge is 2.42. The van der Waals surface area contributed by atoms with Gasteiger partial charge in [0.05, 0.1) is 28.4 Å². The van der Waals surface area contributed by atoms with Crippen molar-refractivity contribution < 1.29 is 36.3 Å². The molecule has 0 saturated carbocycles. The maximum absolute atomic E-state index is 13.6. The summed E-state index contributed by atoms with van der Waals surface area (Å²) in [5.41, 5.74) is 1.67. The standard InChI is InChI=1S/C26H31F2N3O6S/c1-26(9-12-38(34,35)15-26)29-23(32)18-5-6-20-21(14-18)31(24(33)16-7-10-36-11-8-16)30-22(20)17-3-2-4-19(13-17)37-25(27)28/h2-4,13,16,18,25H,5-12,14-15H2,1H3,(H,29,32)/t18-,26+/m1/s1. The second kappa shape index (κ2) is 10.4. The number of nitrogens with one attached hydrogen (secondary N) is 1. The van der Waals surface area contributed by atoms with E-state index < -0.39 is 27.9 Å². The van der Waals surface area contributed by atoms with E-state index in [9.17, 15) is 26.8 Å². The molecular formula is C26H31F2N3O6S. The molecule has 0 spiro atoms. The largest absolute Gasteiger partial charge is 0.435 e. The maximum Gasteiger partial charge on any atom is 0.387 e. The predicted molar refractivity (Wildman–Crippen MR) is 134 cm³/mol. The molecule has 3 aliphatic rings. The average molecular weight is 552 g/mol. The average Bonchev–Trinajstić information content (AvgIpc) is 3.39. The molecule has 1 aromatic carbocycles. The molecule has 2 fully saturated rings. The lowest BCUT2D eigenvalue weighted by atomic mass is 9.84. The van der Waals surface area contributed by atoms with Crippen molar-refractivity contribution in [1.82, 2.24) is 15.1 Å². The van der Waals surface area contributed by atoms with Crippen molar-refractivity contribution in [3.05, 3.63) is 35.5 Å². The number of benzene rings is 1. The minimum absolute atomic E-state index is 0.00983. The van der Waals surface area contributed by atoms with Gasteiger partial charge in [0, 0.05) is 42.6 Å². The van der Waals surface area contributed by atoms with Crippen molar-refractivity contribution in [2.45, 2.75) is 57.6 Å². The van der Waals surface area contributed by atoms with Gasteiger partial charge in [-0.25, -0.2) is 13.1 Å². The number of hydrogen-bond acceptors (Lipinski definition) is 7. The van der Waals surface area contributed by atoms with Gasteiger partial charge in [-0.15, -0.1) is 0 Å². The Morgan fingerprint density at radius 1 is 1.21 bits per heavy atom. The minimum Gasteiger partial charge on any atom is -0.435 e. The number of ether oxygens (including phenoxy) is 2. The minimum atomic E-state index is -3.19. The number of halogens is 2. The molecular weight excluding hydrogens is 520 g/mol. The first kappa shape index (κ1) is 26.7. The molecule has 2 aromatic rings. The Kier molecular flexibility index (Phi) is 7.29. The third kappa shape index (κ3) is 5.61. The number of rotatable bonds is 6. The second-order valence-electron chi connectivity index (χ2n) is 10.6. The lowest BCUT2D eigenvalue weighted by Crippen LogP contribution is -2.50. The monoisotopic (exact) mass is 551 g/mol. The molecule has 2 saturated heterocycles. The van der Waals surface area contributed by atoms with E-state index in [4.69, 9.17) is 4.74 Å². The fourth-order valence-electron chi connectivity index (χ4n) is 5.70. The van der Waals surface area contributed by atoms with Crippen molar-refractivity contribution >= 4 is 21.7 Å². The van der Waals surface area contributed by atoms with Crippen LogP contribution in [0.25, 0.3) is 11.3 Å². The van der Waals surface area contributed by atoms with E-state index in [1.165, 1.54) is 16.8 Å². The van der Waals surface area contributed by atoms with Gasteiger partial charge >= 0.3 is 6.61 Å². The van der Waals surface area contributed by atoms with Crippen LogP contribution in [0.5, 0.6) is 5.75 Å². The van der Waals surface area contributed by atoms with Crippen LogP contribution in [0, 0.1) is 11.8 Å². The normalized spacial score (nSPS) is 25.2. The highest BCUT2D eigenvalue weighted by Crippen LogP contribution is 2.36. The zero-order valence-corrected chi connectivity index (χ0v) is 21.9. The molecule has 9 nitrogen and oxygen atoms in total. The van der Waals surface area contributed by atoms with Gasteiger partial charge in [0.1, 0.15) is 5.75 Å². The molecule has 1 amide bonds. The summed E-state index contributed by atoms with van der Waals surface area (Å²) in [4.78, 5) is 26.8. The lowest BCUT2D eigenvalue weighted by Gasteiger charge is -2.29. The predicted octanol–water partition coefficient (Wildman–Crippen LogP) is 3.02. The molecule has 1 N–H and O–H groups in total. The Morgan fingerprint density at radius 3 is 2.66 bits per heavy atom. The SMILES string of the molecule is C[C@]1(NC(=O)[C@@H]2CCc3c(-c4cccc(OC(F)F)c4)nn(C(=O)C4CCOCC4)c3C2)CCS(=O)(=O)C1.